The lowest BCUT2D eigenvalue weighted by Gasteiger charge is -2.26. The van der Waals surface area contributed by atoms with E-state index >= 15 is 0 Å². The molecule has 8 atom stereocenters. The topological polar surface area (TPSA) is 523 Å². The van der Waals surface area contributed by atoms with E-state index in [0.29, 0.717) is 86.7 Å². The van der Waals surface area contributed by atoms with E-state index in [2.05, 4.69) is 36.6 Å². The Morgan fingerprint density at radius 1 is 0.371 bits per heavy atom. The molecule has 0 fully saturated rings. The van der Waals surface area contributed by atoms with E-state index in [9.17, 15) is 67.7 Å². The molecule has 0 heterocycles. The van der Waals surface area contributed by atoms with Crippen LogP contribution in [0.25, 0.3) is 0 Å². The summed E-state index contributed by atoms with van der Waals surface area (Å²) in [6.45, 7) is 7.89. The number of rotatable bonds is 54. The fourth-order valence-electron chi connectivity index (χ4n) is 15.0. The third kappa shape index (κ3) is 39.6. The van der Waals surface area contributed by atoms with Crippen LogP contribution in [0.4, 0.5) is 14.4 Å². The number of nitrogens with one attached hydrogen (secondary N) is 5. The molecule has 704 valence electrons. The number of aryl methyl sites for hydroxylation is 4. The van der Waals surface area contributed by atoms with Gasteiger partial charge in [0.1, 0.15) is 56.0 Å². The molecule has 0 aliphatic carbocycles. The molecule has 7 amide bonds. The molecule has 0 saturated carbocycles. The number of Topliss-reactive ketones (excluding diaryl/α,β-unsaturated/α-hetero) is 4. The number of carbonyl (C=O) groups is 12. The Hall–Kier alpha value is -13.9. The van der Waals surface area contributed by atoms with Crippen LogP contribution < -0.4 is 61.0 Å². The Kier molecular flexibility index (Phi) is 45.5. The second-order valence-electron chi connectivity index (χ2n) is 32.9. The summed E-state index contributed by atoms with van der Waals surface area (Å²) >= 11 is 0. The molecule has 8 rings (SSSR count). The molecule has 0 saturated heterocycles. The van der Waals surface area contributed by atoms with E-state index in [1.54, 1.807) is 98.8 Å². The average Bonchev–Trinajstić information content (AvgIpc) is 0.838. The number of phenols is 2. The molecular weight excluding hydrogens is 1680 g/mol. The number of phenolic OH excluding ortho intramolecular Hbond substituents is 2. The summed E-state index contributed by atoms with van der Waals surface area (Å²) in [5.74, 6) is -8.50. The number of benzene rings is 8. The predicted octanol–water partition coefficient (Wildman–Crippen LogP) is 11.0. The molecule has 0 bridgehead atoms. The van der Waals surface area contributed by atoms with Crippen molar-refractivity contribution in [1.82, 2.24) is 26.6 Å². The van der Waals surface area contributed by atoms with Crippen molar-refractivity contribution in [3.63, 3.8) is 0 Å². The fraction of sp³-hybridized carbons (Fsp3) is 0.386. The number of primary amides is 2. The lowest BCUT2D eigenvalue weighted by atomic mass is 9.86. The van der Waals surface area contributed by atoms with Gasteiger partial charge < -0.3 is 84.8 Å². The second-order valence-corrected chi connectivity index (χ2v) is 32.9. The van der Waals surface area contributed by atoms with Crippen LogP contribution >= 0.6 is 0 Å². The molecule has 0 aromatic heterocycles. The third-order valence-corrected chi connectivity index (χ3v) is 22.2. The molecule has 0 spiro atoms. The molecule has 8 aromatic carbocycles. The maximum Gasteiger partial charge on any atom is 0.412 e. The van der Waals surface area contributed by atoms with Gasteiger partial charge in [-0.25, -0.2) is 14.4 Å². The van der Waals surface area contributed by atoms with Crippen molar-refractivity contribution in [2.45, 2.75) is 200 Å². The van der Waals surface area contributed by atoms with Crippen LogP contribution in [-0.2, 0) is 114 Å². The number of carbonyl (C=O) groups excluding carboxylic acids is 12. The van der Waals surface area contributed by atoms with Crippen LogP contribution in [0.2, 0.25) is 0 Å². The first-order valence-electron chi connectivity index (χ1n) is 44.5. The van der Waals surface area contributed by atoms with Gasteiger partial charge in [0, 0.05) is 69.0 Å². The first-order chi connectivity index (χ1) is 63.4. The van der Waals surface area contributed by atoms with E-state index in [1.165, 1.54) is 12.1 Å². The predicted molar refractivity (Wildman–Crippen MR) is 503 cm³/mol. The molecule has 0 aliphatic heterocycles. The van der Waals surface area contributed by atoms with Gasteiger partial charge in [0.2, 0.25) is 23.6 Å². The van der Waals surface area contributed by atoms with Crippen LogP contribution in [0.5, 0.6) is 11.5 Å². The summed E-state index contributed by atoms with van der Waals surface area (Å²) in [5, 5.41) is 34.3. The van der Waals surface area contributed by atoms with Crippen molar-refractivity contribution in [2.24, 2.45) is 68.1 Å². The minimum absolute atomic E-state index is 0.00242. The molecule has 31 nitrogen and oxygen atoms in total. The smallest absolute Gasteiger partial charge is 0.412 e. The van der Waals surface area contributed by atoms with Crippen LogP contribution in [0.1, 0.15) is 163 Å². The third-order valence-electron chi connectivity index (χ3n) is 22.2. The number of esters is 1. The zero-order valence-corrected chi connectivity index (χ0v) is 75.6. The largest absolute Gasteiger partial charge is 0.508 e. The summed E-state index contributed by atoms with van der Waals surface area (Å²) in [6.07, 6.45) is -0.0997. The normalized spacial score (nSPS) is 12.9. The van der Waals surface area contributed by atoms with Crippen LogP contribution in [0, 0.1) is 51.4 Å². The van der Waals surface area contributed by atoms with E-state index in [0.717, 1.165) is 44.5 Å². The van der Waals surface area contributed by atoms with Gasteiger partial charge in [-0.05, 0) is 215 Å². The Morgan fingerprint density at radius 3 is 1.11 bits per heavy atom. The van der Waals surface area contributed by atoms with E-state index in [-0.39, 0.29) is 132 Å². The first-order valence-corrected chi connectivity index (χ1v) is 44.5. The maximum atomic E-state index is 15.0. The second kappa shape index (κ2) is 57.2. The Labute approximate surface area is 771 Å². The summed E-state index contributed by atoms with van der Waals surface area (Å²) < 4.78 is 21.8. The van der Waals surface area contributed by atoms with E-state index < -0.39 is 120 Å². The highest BCUT2D eigenvalue weighted by Gasteiger charge is 2.35. The highest BCUT2D eigenvalue weighted by atomic mass is 16.6. The summed E-state index contributed by atoms with van der Waals surface area (Å²) in [6, 6.07) is 56.6. The van der Waals surface area contributed by atoms with Crippen molar-refractivity contribution in [1.29, 1.82) is 0 Å². The number of ether oxygens (including phenoxy) is 4. The standard InChI is InChI=1S/C67H76N6O13.C34H51N7O5/c1-46-35-55(74)36-47(2)56(46)38-54(64(79)71-57(59(75)39-53(63(68)78)37-48-21-8-3-9-22-48)31-18-19-33-70-65(80)84-43-50-25-12-5-13-26-50)40-60(76)58(72-66(81)85-44-51-27-14-6-15-28-51)32-20-34-69-61(41-62(77)83-42-49-23-10-4-11-24-49)73-67(82)86-45-52-29-16-7-17-30-52;1-21-15-26(42)16-22(2)27(21)18-25(20-30(43)28(36)11-8-14-40-34(38)39)33(46)41-29(12-6-7-13-35)31(44)19-24(32(37)45)17-23-9-4-3-5-10-23/h3-17,21-30,35-36,53-54,57-58,74H,18-20,31-34,37-45H2,1-2H3,(H2,68,78)(H,70,80)(H,71,79)(H,72,81)(H,69,73,82);3-5,9-10,15-16,24-25,28-29,42H,6-8,11-14,17-20,35-36H2,1-2H3,(H2,37,45)(H,41,46)(H4,38,39,40)/t53?,54-,57+,58?;24?,25-,28-,29+/m11/s1. The highest BCUT2D eigenvalue weighted by molar-refractivity contribution is 6.04. The molecule has 8 aromatic rings. The molecule has 31 heteroatoms. The Bertz CT molecular complexity index is 5000. The minimum Gasteiger partial charge on any atom is -0.508 e. The Morgan fingerprint density at radius 2 is 0.712 bits per heavy atom. The van der Waals surface area contributed by atoms with Crippen LogP contribution in [0.3, 0.4) is 0 Å². The number of nitrogens with zero attached hydrogens (tertiary/aromatic N) is 2. The van der Waals surface area contributed by atoms with Crippen molar-refractivity contribution >= 4 is 82.8 Å². The lowest BCUT2D eigenvalue weighted by Crippen LogP contribution is -2.47. The number of amides is 7. The number of guanidine groups is 1. The number of nitrogens with two attached hydrogens (primary N) is 6. The summed E-state index contributed by atoms with van der Waals surface area (Å²) in [4.78, 5) is 171. The van der Waals surface area contributed by atoms with Gasteiger partial charge in [-0.1, -0.05) is 182 Å². The van der Waals surface area contributed by atoms with Gasteiger partial charge in [0.15, 0.2) is 23.3 Å². The van der Waals surface area contributed by atoms with Crippen LogP contribution in [0.15, 0.2) is 216 Å². The average molecular weight is 1810 g/mol. The number of alkyl carbamates (subject to hydrolysis) is 3. The van der Waals surface area contributed by atoms with Crippen molar-refractivity contribution in [3.8, 4) is 11.5 Å². The van der Waals surface area contributed by atoms with Gasteiger partial charge in [-0.3, -0.25) is 58.5 Å². The van der Waals surface area contributed by atoms with Gasteiger partial charge >= 0.3 is 24.2 Å². The first kappa shape index (κ1) is 105. The quantitative estimate of drug-likeness (QED) is 0.00553. The molecule has 0 radical (unpaired) electrons. The van der Waals surface area contributed by atoms with Crippen molar-refractivity contribution in [3.05, 3.63) is 273 Å². The van der Waals surface area contributed by atoms with E-state index in [1.807, 2.05) is 123 Å². The van der Waals surface area contributed by atoms with Crippen molar-refractivity contribution < 1.29 is 86.7 Å². The SMILES string of the molecule is Cc1cc(O)cc(C)c1C[C@H](CC(=O)C(CCCN=C(CC(=O)OCc1ccccc1)NC(=O)OCc1ccccc1)NC(=O)OCc1ccccc1)C(=O)N[C@@H](CCCCNC(=O)OCc1ccccc1)C(=O)CC(Cc1ccccc1)C(N)=O.Cc1cc(O)cc(C)c1C[C@H](CC(=O)[C@H](N)CCCN=C(N)N)C(=O)N[C@@H](CCCCN)C(=O)CC(Cc1ccccc1)C(N)=O. The van der Waals surface area contributed by atoms with Gasteiger partial charge in [-0.2, -0.15) is 0 Å². The van der Waals surface area contributed by atoms with Gasteiger partial charge in [-0.15, -0.1) is 0 Å². The van der Waals surface area contributed by atoms with Crippen molar-refractivity contribution in [2.75, 3.05) is 26.2 Å². The monoisotopic (exact) mass is 1810 g/mol. The Balaban J connectivity index is 0.000000436. The number of hydrogen-bond donors (Lipinski definition) is 13. The summed E-state index contributed by atoms with van der Waals surface area (Å²) in [5.41, 5.74) is 43.1. The van der Waals surface area contributed by atoms with Gasteiger partial charge in [0.05, 0.1) is 24.2 Å². The molecule has 0 aliphatic rings. The molecule has 3 unspecified atom stereocenters. The zero-order chi connectivity index (χ0) is 95.7. The zero-order valence-electron chi connectivity index (χ0n) is 75.6. The molecule has 132 heavy (non-hydrogen) atoms. The number of aromatic hydroxyl groups is 2. The van der Waals surface area contributed by atoms with E-state index in [4.69, 9.17) is 53.3 Å². The minimum atomic E-state index is -1.27. The molecule has 19 N–H and O–H groups in total. The summed E-state index contributed by atoms with van der Waals surface area (Å²) in [7, 11) is 0. The number of hydrogen-bond acceptors (Lipinski definition) is 22. The maximum absolute atomic E-state index is 15.0. The number of amidine groups is 1. The van der Waals surface area contributed by atoms with Gasteiger partial charge in [0.25, 0.3) is 0 Å². The van der Waals surface area contributed by atoms with Crippen LogP contribution in [-0.4, -0.2) is 143 Å². The lowest BCUT2D eigenvalue weighted by molar-refractivity contribution is -0.143. The number of ketones is 4. The molecular formula is C101H127N13O18. The highest BCUT2D eigenvalue weighted by Crippen LogP contribution is 2.29. The number of aliphatic imine (C=N–C) groups is 2. The fourth-order valence-corrected chi connectivity index (χ4v) is 15.0. The number of unbranched alkanes of at least 4 members (excludes halogenated alkanes) is 2.